The third kappa shape index (κ3) is 2.80. The highest BCUT2D eigenvalue weighted by Crippen LogP contribution is 2.29. The molecule has 0 aliphatic carbocycles. The fourth-order valence-electron chi connectivity index (χ4n) is 1.71. The highest BCUT2D eigenvalue weighted by atomic mass is 19.1. The standard InChI is InChI=1S/C15H16FNO/c1-10(2)18-15-9-12(5-8-14(15)17)11-3-6-13(16)7-4-11/h3-10H,17H2,1-2H3. The third-order valence-corrected chi connectivity index (χ3v) is 2.55. The lowest BCUT2D eigenvalue weighted by Gasteiger charge is -2.13. The van der Waals surface area contributed by atoms with Crippen molar-refractivity contribution >= 4 is 5.69 Å². The number of hydrogen-bond acceptors (Lipinski definition) is 2. The summed E-state index contributed by atoms with van der Waals surface area (Å²) >= 11 is 0. The van der Waals surface area contributed by atoms with Crippen LogP contribution in [-0.2, 0) is 0 Å². The van der Waals surface area contributed by atoms with Crippen molar-refractivity contribution in [3.05, 3.63) is 48.3 Å². The average Bonchev–Trinajstić information content (AvgIpc) is 2.32. The predicted octanol–water partition coefficient (Wildman–Crippen LogP) is 3.86. The predicted molar refractivity (Wildman–Crippen MR) is 72.0 cm³/mol. The van der Waals surface area contributed by atoms with Gasteiger partial charge in [-0.1, -0.05) is 18.2 Å². The van der Waals surface area contributed by atoms with Gasteiger partial charge >= 0.3 is 0 Å². The van der Waals surface area contributed by atoms with Crippen LogP contribution in [0.4, 0.5) is 10.1 Å². The van der Waals surface area contributed by atoms with E-state index in [-0.39, 0.29) is 11.9 Å². The van der Waals surface area contributed by atoms with Crippen molar-refractivity contribution in [2.45, 2.75) is 20.0 Å². The molecule has 0 radical (unpaired) electrons. The summed E-state index contributed by atoms with van der Waals surface area (Å²) in [6.45, 7) is 3.90. The van der Waals surface area contributed by atoms with Gasteiger partial charge in [-0.2, -0.15) is 0 Å². The van der Waals surface area contributed by atoms with Gasteiger partial charge in [-0.15, -0.1) is 0 Å². The van der Waals surface area contributed by atoms with Crippen molar-refractivity contribution < 1.29 is 9.13 Å². The molecule has 3 heteroatoms. The van der Waals surface area contributed by atoms with Crippen LogP contribution in [0.25, 0.3) is 11.1 Å². The van der Waals surface area contributed by atoms with Crippen LogP contribution in [0, 0.1) is 5.82 Å². The summed E-state index contributed by atoms with van der Waals surface area (Å²) in [5.41, 5.74) is 8.35. The van der Waals surface area contributed by atoms with Crippen molar-refractivity contribution in [3.63, 3.8) is 0 Å². The van der Waals surface area contributed by atoms with Crippen molar-refractivity contribution in [2.24, 2.45) is 0 Å². The van der Waals surface area contributed by atoms with E-state index in [0.717, 1.165) is 11.1 Å². The zero-order chi connectivity index (χ0) is 13.1. The van der Waals surface area contributed by atoms with Crippen molar-refractivity contribution in [3.8, 4) is 16.9 Å². The molecule has 0 spiro atoms. The molecule has 0 atom stereocenters. The summed E-state index contributed by atoms with van der Waals surface area (Å²) in [6.07, 6.45) is 0.0655. The van der Waals surface area contributed by atoms with E-state index in [9.17, 15) is 4.39 Å². The summed E-state index contributed by atoms with van der Waals surface area (Å²) in [5.74, 6) is 0.416. The fourth-order valence-corrected chi connectivity index (χ4v) is 1.71. The van der Waals surface area contributed by atoms with Crippen LogP contribution in [-0.4, -0.2) is 6.10 Å². The molecule has 2 aromatic rings. The van der Waals surface area contributed by atoms with Crippen LogP contribution in [0.5, 0.6) is 5.75 Å². The SMILES string of the molecule is CC(C)Oc1cc(-c2ccc(F)cc2)ccc1N. The van der Waals surface area contributed by atoms with Gasteiger partial charge in [0.05, 0.1) is 11.8 Å². The smallest absolute Gasteiger partial charge is 0.143 e. The molecule has 0 fully saturated rings. The lowest BCUT2D eigenvalue weighted by molar-refractivity contribution is 0.244. The second-order valence-electron chi connectivity index (χ2n) is 4.43. The molecule has 2 rings (SSSR count). The third-order valence-electron chi connectivity index (χ3n) is 2.55. The van der Waals surface area contributed by atoms with Gasteiger partial charge in [-0.3, -0.25) is 0 Å². The Kier molecular flexibility index (Phi) is 3.51. The number of nitrogens with two attached hydrogens (primary N) is 1. The number of benzene rings is 2. The van der Waals surface area contributed by atoms with E-state index in [2.05, 4.69) is 0 Å². The van der Waals surface area contributed by atoms with Crippen LogP contribution >= 0.6 is 0 Å². The summed E-state index contributed by atoms with van der Waals surface area (Å²) in [6, 6.07) is 11.9. The molecule has 0 saturated heterocycles. The molecule has 2 nitrogen and oxygen atoms in total. The molecule has 0 aliphatic heterocycles. The number of anilines is 1. The Morgan fingerprint density at radius 3 is 2.22 bits per heavy atom. The lowest BCUT2D eigenvalue weighted by atomic mass is 10.0. The van der Waals surface area contributed by atoms with Gasteiger partial charge < -0.3 is 10.5 Å². The van der Waals surface area contributed by atoms with Crippen LogP contribution in [0.15, 0.2) is 42.5 Å². The molecule has 0 amide bonds. The first-order chi connectivity index (χ1) is 8.56. The molecular weight excluding hydrogens is 229 g/mol. The lowest BCUT2D eigenvalue weighted by Crippen LogP contribution is -2.07. The van der Waals surface area contributed by atoms with Crippen molar-refractivity contribution in [1.29, 1.82) is 0 Å². The Morgan fingerprint density at radius 2 is 1.61 bits per heavy atom. The zero-order valence-corrected chi connectivity index (χ0v) is 10.5. The maximum atomic E-state index is 12.9. The first-order valence-electron chi connectivity index (χ1n) is 5.88. The fraction of sp³-hybridized carbons (Fsp3) is 0.200. The Hall–Kier alpha value is -2.03. The van der Waals surface area contributed by atoms with Gasteiger partial charge in [0.2, 0.25) is 0 Å². The Morgan fingerprint density at radius 1 is 1.00 bits per heavy atom. The minimum absolute atomic E-state index is 0.0655. The van der Waals surface area contributed by atoms with Gasteiger partial charge in [0, 0.05) is 0 Å². The van der Waals surface area contributed by atoms with Gasteiger partial charge in [-0.05, 0) is 49.2 Å². The highest BCUT2D eigenvalue weighted by molar-refractivity contribution is 5.69. The van der Waals surface area contributed by atoms with Crippen LogP contribution in [0.2, 0.25) is 0 Å². The van der Waals surface area contributed by atoms with E-state index in [1.54, 1.807) is 18.2 Å². The normalized spacial score (nSPS) is 10.7. The molecule has 0 bridgehead atoms. The van der Waals surface area contributed by atoms with Gasteiger partial charge in [0.25, 0.3) is 0 Å². The van der Waals surface area contributed by atoms with E-state index >= 15 is 0 Å². The maximum absolute atomic E-state index is 12.9. The second kappa shape index (κ2) is 5.08. The van der Waals surface area contributed by atoms with Crippen LogP contribution in [0.1, 0.15) is 13.8 Å². The molecule has 2 aromatic carbocycles. The van der Waals surface area contributed by atoms with Gasteiger partial charge in [-0.25, -0.2) is 4.39 Å². The quantitative estimate of drug-likeness (QED) is 0.833. The van der Waals surface area contributed by atoms with Crippen molar-refractivity contribution in [2.75, 3.05) is 5.73 Å². The van der Waals surface area contributed by atoms with Gasteiger partial charge in [0.1, 0.15) is 11.6 Å². The molecule has 0 heterocycles. The maximum Gasteiger partial charge on any atom is 0.143 e. The zero-order valence-electron chi connectivity index (χ0n) is 10.5. The van der Waals surface area contributed by atoms with E-state index in [1.807, 2.05) is 26.0 Å². The average molecular weight is 245 g/mol. The summed E-state index contributed by atoms with van der Waals surface area (Å²) < 4.78 is 18.5. The molecule has 0 unspecified atom stereocenters. The number of halogens is 1. The Labute approximate surface area is 106 Å². The number of rotatable bonds is 3. The minimum Gasteiger partial charge on any atom is -0.489 e. The highest BCUT2D eigenvalue weighted by Gasteiger charge is 2.06. The number of hydrogen-bond donors (Lipinski definition) is 1. The number of ether oxygens (including phenoxy) is 1. The van der Waals surface area contributed by atoms with Crippen LogP contribution in [0.3, 0.4) is 0 Å². The van der Waals surface area contributed by atoms with Crippen molar-refractivity contribution in [1.82, 2.24) is 0 Å². The topological polar surface area (TPSA) is 35.2 Å². The van der Waals surface area contributed by atoms with E-state index < -0.39 is 0 Å². The largest absolute Gasteiger partial charge is 0.489 e. The first kappa shape index (κ1) is 12.4. The molecule has 2 N–H and O–H groups in total. The Bertz CT molecular complexity index is 535. The van der Waals surface area contributed by atoms with E-state index in [1.165, 1.54) is 12.1 Å². The molecular formula is C15H16FNO. The number of nitrogen functional groups attached to an aromatic ring is 1. The molecule has 0 aromatic heterocycles. The molecule has 0 aliphatic rings. The summed E-state index contributed by atoms with van der Waals surface area (Å²) in [5, 5.41) is 0. The van der Waals surface area contributed by atoms with E-state index in [0.29, 0.717) is 11.4 Å². The molecule has 0 saturated carbocycles. The molecule has 94 valence electrons. The second-order valence-corrected chi connectivity index (χ2v) is 4.43. The van der Waals surface area contributed by atoms with E-state index in [4.69, 9.17) is 10.5 Å². The minimum atomic E-state index is -0.243. The molecule has 18 heavy (non-hydrogen) atoms. The monoisotopic (exact) mass is 245 g/mol. The summed E-state index contributed by atoms with van der Waals surface area (Å²) in [7, 11) is 0. The van der Waals surface area contributed by atoms with Gasteiger partial charge in [0.15, 0.2) is 0 Å². The van der Waals surface area contributed by atoms with Crippen LogP contribution < -0.4 is 10.5 Å². The Balaban J connectivity index is 2.37. The first-order valence-corrected chi connectivity index (χ1v) is 5.88. The summed E-state index contributed by atoms with van der Waals surface area (Å²) in [4.78, 5) is 0.